The molecule has 2 rings (SSSR count). The van der Waals surface area contributed by atoms with Gasteiger partial charge < -0.3 is 5.32 Å². The van der Waals surface area contributed by atoms with E-state index in [1.807, 2.05) is 0 Å². The highest BCUT2D eigenvalue weighted by atomic mass is 32.2. The molecular formula is C14H15N3O3S. The average molecular weight is 305 g/mol. The lowest BCUT2D eigenvalue weighted by Crippen LogP contribution is -2.13. The Labute approximate surface area is 123 Å². The van der Waals surface area contributed by atoms with Crippen molar-refractivity contribution in [3.63, 3.8) is 0 Å². The maximum absolute atomic E-state index is 11.8. The second-order valence-electron chi connectivity index (χ2n) is 4.48. The van der Waals surface area contributed by atoms with Crippen LogP contribution in [0.15, 0.2) is 53.7 Å². The van der Waals surface area contributed by atoms with Crippen LogP contribution in [0.25, 0.3) is 0 Å². The van der Waals surface area contributed by atoms with Gasteiger partial charge in [-0.1, -0.05) is 12.1 Å². The second-order valence-corrected chi connectivity index (χ2v) is 6.04. The molecular weight excluding hydrogens is 290 g/mol. The topological polar surface area (TPSA) is 102 Å². The smallest absolute Gasteiger partial charge is 0.238 e. The van der Waals surface area contributed by atoms with Gasteiger partial charge in [0.2, 0.25) is 15.9 Å². The van der Waals surface area contributed by atoms with E-state index in [1.165, 1.54) is 12.1 Å². The quantitative estimate of drug-likeness (QED) is 0.869. The Morgan fingerprint density at radius 1 is 1.19 bits per heavy atom. The van der Waals surface area contributed by atoms with E-state index in [9.17, 15) is 13.2 Å². The summed E-state index contributed by atoms with van der Waals surface area (Å²) >= 11 is 0. The molecule has 1 aromatic heterocycles. The zero-order valence-electron chi connectivity index (χ0n) is 11.2. The number of anilines is 1. The predicted molar refractivity (Wildman–Crippen MR) is 79.0 cm³/mol. The molecule has 0 fully saturated rings. The van der Waals surface area contributed by atoms with Gasteiger partial charge in [-0.25, -0.2) is 13.6 Å². The molecule has 0 saturated carbocycles. The standard InChI is InChI=1S/C14H15N3O3S/c15-21(19,20)13-6-3-11(4-7-13)5-8-14(18)17-12-2-1-9-16-10-12/h1-4,6-7,9-10H,5,8H2,(H,17,18)(H2,15,19,20). The lowest BCUT2D eigenvalue weighted by atomic mass is 10.1. The molecule has 3 N–H and O–H groups in total. The Bertz CT molecular complexity index is 713. The minimum Gasteiger partial charge on any atom is -0.325 e. The lowest BCUT2D eigenvalue weighted by Gasteiger charge is -2.05. The first-order chi connectivity index (χ1) is 9.95. The first-order valence-electron chi connectivity index (χ1n) is 6.27. The van der Waals surface area contributed by atoms with Crippen molar-refractivity contribution < 1.29 is 13.2 Å². The van der Waals surface area contributed by atoms with E-state index in [0.29, 0.717) is 18.5 Å². The van der Waals surface area contributed by atoms with Crippen LogP contribution < -0.4 is 10.5 Å². The summed E-state index contributed by atoms with van der Waals surface area (Å²) in [6, 6.07) is 9.66. The molecule has 0 aliphatic carbocycles. The Morgan fingerprint density at radius 3 is 2.48 bits per heavy atom. The van der Waals surface area contributed by atoms with E-state index in [-0.39, 0.29) is 10.8 Å². The molecule has 2 aromatic rings. The number of pyridine rings is 1. The van der Waals surface area contributed by atoms with Crippen LogP contribution in [0.1, 0.15) is 12.0 Å². The Kier molecular flexibility index (Phi) is 4.66. The maximum atomic E-state index is 11.8. The number of hydrogen-bond donors (Lipinski definition) is 2. The zero-order chi connectivity index (χ0) is 15.3. The molecule has 0 saturated heterocycles. The SMILES string of the molecule is NS(=O)(=O)c1ccc(CCC(=O)Nc2cccnc2)cc1. The van der Waals surface area contributed by atoms with E-state index >= 15 is 0 Å². The van der Waals surface area contributed by atoms with Crippen molar-refractivity contribution in [2.45, 2.75) is 17.7 Å². The molecule has 0 aliphatic rings. The van der Waals surface area contributed by atoms with Gasteiger partial charge in [0.25, 0.3) is 0 Å². The summed E-state index contributed by atoms with van der Waals surface area (Å²) < 4.78 is 22.2. The number of aryl methyl sites for hydroxylation is 1. The van der Waals surface area contributed by atoms with E-state index in [2.05, 4.69) is 10.3 Å². The van der Waals surface area contributed by atoms with Gasteiger partial charge in [0.05, 0.1) is 16.8 Å². The summed E-state index contributed by atoms with van der Waals surface area (Å²) in [6.45, 7) is 0. The number of primary sulfonamides is 1. The van der Waals surface area contributed by atoms with Gasteiger partial charge in [-0.2, -0.15) is 0 Å². The molecule has 7 heteroatoms. The van der Waals surface area contributed by atoms with Crippen LogP contribution >= 0.6 is 0 Å². The fourth-order valence-corrected chi connectivity index (χ4v) is 2.28. The number of aromatic nitrogens is 1. The zero-order valence-corrected chi connectivity index (χ0v) is 12.0. The molecule has 0 aliphatic heterocycles. The Hall–Kier alpha value is -2.25. The fraction of sp³-hybridized carbons (Fsp3) is 0.143. The number of carbonyl (C=O) groups is 1. The highest BCUT2D eigenvalue weighted by molar-refractivity contribution is 7.89. The van der Waals surface area contributed by atoms with Crippen LogP contribution in [0.2, 0.25) is 0 Å². The summed E-state index contributed by atoms with van der Waals surface area (Å²) in [4.78, 5) is 15.7. The molecule has 0 radical (unpaired) electrons. The molecule has 0 unspecified atom stereocenters. The van der Waals surface area contributed by atoms with Gasteiger partial charge in [-0.3, -0.25) is 9.78 Å². The molecule has 110 valence electrons. The van der Waals surface area contributed by atoms with Crippen LogP contribution in [-0.2, 0) is 21.2 Å². The summed E-state index contributed by atoms with van der Waals surface area (Å²) in [6.07, 6.45) is 4.00. The van der Waals surface area contributed by atoms with Crippen LogP contribution in [0.5, 0.6) is 0 Å². The van der Waals surface area contributed by atoms with Gasteiger partial charge in [0, 0.05) is 12.6 Å². The number of hydrogen-bond acceptors (Lipinski definition) is 4. The van der Waals surface area contributed by atoms with Gasteiger partial charge in [-0.15, -0.1) is 0 Å². The van der Waals surface area contributed by atoms with Crippen LogP contribution in [0.3, 0.4) is 0 Å². The predicted octanol–water partition coefficient (Wildman–Crippen LogP) is 1.30. The highest BCUT2D eigenvalue weighted by Gasteiger charge is 2.08. The normalized spacial score (nSPS) is 11.1. The highest BCUT2D eigenvalue weighted by Crippen LogP contribution is 2.11. The molecule has 1 heterocycles. The summed E-state index contributed by atoms with van der Waals surface area (Å²) in [5.41, 5.74) is 1.51. The maximum Gasteiger partial charge on any atom is 0.238 e. The Balaban J connectivity index is 1.90. The van der Waals surface area contributed by atoms with Crippen molar-refractivity contribution in [2.24, 2.45) is 5.14 Å². The van der Waals surface area contributed by atoms with Crippen LogP contribution in [-0.4, -0.2) is 19.3 Å². The third-order valence-corrected chi connectivity index (χ3v) is 3.77. The Morgan fingerprint density at radius 2 is 1.90 bits per heavy atom. The van der Waals surface area contributed by atoms with Crippen molar-refractivity contribution in [3.8, 4) is 0 Å². The molecule has 1 amide bonds. The first kappa shape index (κ1) is 15.1. The number of carbonyl (C=O) groups excluding carboxylic acids is 1. The number of rotatable bonds is 5. The van der Waals surface area contributed by atoms with Crippen molar-refractivity contribution in [1.82, 2.24) is 4.98 Å². The minimum absolute atomic E-state index is 0.0612. The van der Waals surface area contributed by atoms with Gasteiger partial charge >= 0.3 is 0 Å². The van der Waals surface area contributed by atoms with E-state index in [0.717, 1.165) is 5.56 Å². The third kappa shape index (κ3) is 4.66. The van der Waals surface area contributed by atoms with Crippen molar-refractivity contribution in [2.75, 3.05) is 5.32 Å². The molecule has 1 aromatic carbocycles. The minimum atomic E-state index is -3.68. The lowest BCUT2D eigenvalue weighted by molar-refractivity contribution is -0.116. The van der Waals surface area contributed by atoms with Crippen molar-refractivity contribution in [1.29, 1.82) is 0 Å². The third-order valence-electron chi connectivity index (χ3n) is 2.84. The molecule has 0 spiro atoms. The largest absolute Gasteiger partial charge is 0.325 e. The van der Waals surface area contributed by atoms with Crippen LogP contribution in [0, 0.1) is 0 Å². The first-order valence-corrected chi connectivity index (χ1v) is 7.81. The van der Waals surface area contributed by atoms with Gasteiger partial charge in [0.1, 0.15) is 0 Å². The second kappa shape index (κ2) is 6.47. The van der Waals surface area contributed by atoms with E-state index in [1.54, 1.807) is 36.7 Å². The van der Waals surface area contributed by atoms with Gasteiger partial charge in [0.15, 0.2) is 0 Å². The van der Waals surface area contributed by atoms with E-state index in [4.69, 9.17) is 5.14 Å². The average Bonchev–Trinajstić information content (AvgIpc) is 2.46. The molecule has 6 nitrogen and oxygen atoms in total. The summed E-state index contributed by atoms with van der Waals surface area (Å²) in [5.74, 6) is -0.126. The number of benzene rings is 1. The number of amides is 1. The van der Waals surface area contributed by atoms with Crippen LogP contribution in [0.4, 0.5) is 5.69 Å². The number of nitrogens with zero attached hydrogens (tertiary/aromatic N) is 1. The number of nitrogens with one attached hydrogen (secondary N) is 1. The van der Waals surface area contributed by atoms with Crippen molar-refractivity contribution >= 4 is 21.6 Å². The van der Waals surface area contributed by atoms with Gasteiger partial charge in [-0.05, 0) is 36.2 Å². The number of sulfonamides is 1. The summed E-state index contributed by atoms with van der Waals surface area (Å²) in [7, 11) is -3.68. The summed E-state index contributed by atoms with van der Waals surface area (Å²) in [5, 5.41) is 7.75. The molecule has 21 heavy (non-hydrogen) atoms. The number of nitrogens with two attached hydrogens (primary N) is 1. The molecule has 0 bridgehead atoms. The monoisotopic (exact) mass is 305 g/mol. The fourth-order valence-electron chi connectivity index (χ4n) is 1.76. The van der Waals surface area contributed by atoms with E-state index < -0.39 is 10.0 Å². The van der Waals surface area contributed by atoms with Crippen molar-refractivity contribution in [3.05, 3.63) is 54.4 Å². The molecule has 0 atom stereocenters.